The predicted octanol–water partition coefficient (Wildman–Crippen LogP) is 2.96. The van der Waals surface area contributed by atoms with Gasteiger partial charge in [0.25, 0.3) is 0 Å². The molecule has 0 radical (unpaired) electrons. The smallest absolute Gasteiger partial charge is 0.224 e. The van der Waals surface area contributed by atoms with E-state index in [0.29, 0.717) is 12.3 Å². The molecule has 1 amide bonds. The van der Waals surface area contributed by atoms with Gasteiger partial charge in [0, 0.05) is 12.1 Å². The molecule has 0 unspecified atom stereocenters. The molecule has 0 aromatic heterocycles. The molecule has 18 heavy (non-hydrogen) atoms. The summed E-state index contributed by atoms with van der Waals surface area (Å²) in [6, 6.07) is 5.53. The second kappa shape index (κ2) is 7.01. The number of hydrogen-bond donors (Lipinski definition) is 2. The number of hydrogen-bond acceptors (Lipinski definition) is 2. The first-order valence-electron chi connectivity index (χ1n) is 5.86. The van der Waals surface area contributed by atoms with Crippen LogP contribution in [0.3, 0.4) is 0 Å². The van der Waals surface area contributed by atoms with Gasteiger partial charge in [-0.25, -0.2) is 4.99 Å². The highest BCUT2D eigenvalue weighted by molar-refractivity contribution is 6.28. The standard InChI is InChI=1S/C13H18ClN3O/c1-3-4-13(18)16-10-6-5-9(2)11(7-10)17-12(15)8-14/h5-7H,3-4,8H2,1-2H3,(H2,15,17)(H,16,18). The summed E-state index contributed by atoms with van der Waals surface area (Å²) in [7, 11) is 0. The first-order chi connectivity index (χ1) is 8.56. The number of nitrogens with one attached hydrogen (secondary N) is 1. The van der Waals surface area contributed by atoms with Crippen LogP contribution in [-0.2, 0) is 4.79 Å². The normalized spacial score (nSPS) is 11.4. The number of aryl methyl sites for hydroxylation is 1. The molecule has 0 saturated carbocycles. The van der Waals surface area contributed by atoms with Gasteiger partial charge in [0.1, 0.15) is 5.84 Å². The van der Waals surface area contributed by atoms with Crippen molar-refractivity contribution in [2.24, 2.45) is 10.7 Å². The summed E-state index contributed by atoms with van der Waals surface area (Å²) in [4.78, 5) is 15.7. The Kier molecular flexibility index (Phi) is 5.65. The Bertz CT molecular complexity index is 458. The number of alkyl halides is 1. The van der Waals surface area contributed by atoms with Crippen molar-refractivity contribution in [1.29, 1.82) is 0 Å². The highest BCUT2D eigenvalue weighted by Crippen LogP contribution is 2.23. The molecule has 1 rings (SSSR count). The van der Waals surface area contributed by atoms with E-state index in [1.165, 1.54) is 0 Å². The number of anilines is 1. The number of nitrogens with zero attached hydrogens (tertiary/aromatic N) is 1. The molecule has 0 atom stereocenters. The summed E-state index contributed by atoms with van der Waals surface area (Å²) >= 11 is 5.59. The van der Waals surface area contributed by atoms with Crippen molar-refractivity contribution in [2.45, 2.75) is 26.7 Å². The summed E-state index contributed by atoms with van der Waals surface area (Å²) in [5, 5.41) is 2.82. The van der Waals surface area contributed by atoms with E-state index >= 15 is 0 Å². The average molecular weight is 268 g/mol. The minimum Gasteiger partial charge on any atom is -0.386 e. The third-order valence-electron chi connectivity index (χ3n) is 2.37. The Morgan fingerprint density at radius 1 is 1.50 bits per heavy atom. The summed E-state index contributed by atoms with van der Waals surface area (Å²) in [5.41, 5.74) is 8.03. The number of amides is 1. The first-order valence-corrected chi connectivity index (χ1v) is 6.39. The van der Waals surface area contributed by atoms with Gasteiger partial charge in [-0.1, -0.05) is 13.0 Å². The number of benzene rings is 1. The topological polar surface area (TPSA) is 67.5 Å². The van der Waals surface area contributed by atoms with Crippen LogP contribution in [0.2, 0.25) is 0 Å². The van der Waals surface area contributed by atoms with E-state index in [9.17, 15) is 4.79 Å². The van der Waals surface area contributed by atoms with Crippen molar-refractivity contribution < 1.29 is 4.79 Å². The summed E-state index contributed by atoms with van der Waals surface area (Å²) < 4.78 is 0. The largest absolute Gasteiger partial charge is 0.386 e. The van der Waals surface area contributed by atoms with Gasteiger partial charge in [0.15, 0.2) is 0 Å². The van der Waals surface area contributed by atoms with Crippen LogP contribution in [0, 0.1) is 6.92 Å². The third kappa shape index (κ3) is 4.37. The van der Waals surface area contributed by atoms with E-state index in [4.69, 9.17) is 17.3 Å². The minimum absolute atomic E-state index is 0.00148. The lowest BCUT2D eigenvalue weighted by Gasteiger charge is -2.07. The molecule has 0 saturated heterocycles. The quantitative estimate of drug-likeness (QED) is 0.489. The maximum atomic E-state index is 11.5. The summed E-state index contributed by atoms with van der Waals surface area (Å²) in [6.07, 6.45) is 1.33. The zero-order valence-corrected chi connectivity index (χ0v) is 11.4. The van der Waals surface area contributed by atoms with Crippen LogP contribution in [0.5, 0.6) is 0 Å². The van der Waals surface area contributed by atoms with Gasteiger partial charge >= 0.3 is 0 Å². The SMILES string of the molecule is CCCC(=O)Nc1ccc(C)c(N=C(N)CCl)c1. The molecule has 0 spiro atoms. The van der Waals surface area contributed by atoms with Crippen molar-refractivity contribution in [1.82, 2.24) is 0 Å². The molecule has 0 aliphatic rings. The van der Waals surface area contributed by atoms with Gasteiger partial charge in [-0.3, -0.25) is 4.79 Å². The molecule has 0 fully saturated rings. The predicted molar refractivity (Wildman–Crippen MR) is 76.7 cm³/mol. The van der Waals surface area contributed by atoms with Crippen molar-refractivity contribution in [2.75, 3.05) is 11.2 Å². The Labute approximate surface area is 112 Å². The van der Waals surface area contributed by atoms with Crippen LogP contribution in [0.1, 0.15) is 25.3 Å². The highest BCUT2D eigenvalue weighted by Gasteiger charge is 2.04. The van der Waals surface area contributed by atoms with E-state index in [0.717, 1.165) is 23.4 Å². The van der Waals surface area contributed by atoms with E-state index < -0.39 is 0 Å². The molecule has 0 bridgehead atoms. The maximum Gasteiger partial charge on any atom is 0.224 e. The lowest BCUT2D eigenvalue weighted by atomic mass is 10.2. The second-order valence-corrected chi connectivity index (χ2v) is 4.30. The van der Waals surface area contributed by atoms with Crippen molar-refractivity contribution in [3.05, 3.63) is 23.8 Å². The molecular formula is C13H18ClN3O. The zero-order chi connectivity index (χ0) is 13.5. The Balaban J connectivity index is 2.90. The molecule has 1 aromatic rings. The molecular weight excluding hydrogens is 250 g/mol. The molecule has 98 valence electrons. The van der Waals surface area contributed by atoms with Crippen molar-refractivity contribution in [3.8, 4) is 0 Å². The molecule has 0 aliphatic heterocycles. The number of carbonyl (C=O) groups excluding carboxylic acids is 1. The Morgan fingerprint density at radius 3 is 2.83 bits per heavy atom. The fourth-order valence-corrected chi connectivity index (χ4v) is 1.50. The van der Waals surface area contributed by atoms with Crippen LogP contribution in [0.4, 0.5) is 11.4 Å². The fraction of sp³-hybridized carbons (Fsp3) is 0.385. The number of amidine groups is 1. The van der Waals surface area contributed by atoms with E-state index in [1.54, 1.807) is 6.07 Å². The van der Waals surface area contributed by atoms with E-state index in [2.05, 4.69) is 10.3 Å². The second-order valence-electron chi connectivity index (χ2n) is 4.04. The highest BCUT2D eigenvalue weighted by atomic mass is 35.5. The fourth-order valence-electron chi connectivity index (χ4n) is 1.44. The van der Waals surface area contributed by atoms with E-state index in [1.807, 2.05) is 26.0 Å². The minimum atomic E-state index is 0.00148. The number of carbonyl (C=O) groups is 1. The van der Waals surface area contributed by atoms with Gasteiger partial charge in [-0.2, -0.15) is 0 Å². The molecule has 4 nitrogen and oxygen atoms in total. The lowest BCUT2D eigenvalue weighted by Crippen LogP contribution is -2.13. The summed E-state index contributed by atoms with van der Waals surface area (Å²) in [6.45, 7) is 3.89. The van der Waals surface area contributed by atoms with Crippen LogP contribution in [-0.4, -0.2) is 17.6 Å². The van der Waals surface area contributed by atoms with Crippen molar-refractivity contribution in [3.63, 3.8) is 0 Å². The van der Waals surface area contributed by atoms with Crippen molar-refractivity contribution >= 4 is 34.7 Å². The van der Waals surface area contributed by atoms with Gasteiger partial charge in [0.2, 0.25) is 5.91 Å². The molecule has 1 aromatic carbocycles. The number of rotatable bonds is 5. The van der Waals surface area contributed by atoms with Gasteiger partial charge in [-0.15, -0.1) is 11.6 Å². The number of nitrogens with two attached hydrogens (primary N) is 1. The zero-order valence-electron chi connectivity index (χ0n) is 10.7. The van der Waals surface area contributed by atoms with Crippen LogP contribution in [0.25, 0.3) is 0 Å². The lowest BCUT2D eigenvalue weighted by molar-refractivity contribution is -0.116. The van der Waals surface area contributed by atoms with E-state index in [-0.39, 0.29) is 11.8 Å². The molecule has 3 N–H and O–H groups in total. The molecule has 5 heteroatoms. The maximum absolute atomic E-state index is 11.5. The van der Waals surface area contributed by atoms with Gasteiger partial charge < -0.3 is 11.1 Å². The molecule has 0 heterocycles. The number of halogens is 1. The van der Waals surface area contributed by atoms with Gasteiger partial charge in [-0.05, 0) is 31.0 Å². The van der Waals surface area contributed by atoms with Gasteiger partial charge in [0.05, 0.1) is 11.6 Å². The Morgan fingerprint density at radius 2 is 2.22 bits per heavy atom. The average Bonchev–Trinajstić information content (AvgIpc) is 2.33. The Hall–Kier alpha value is -1.55. The first kappa shape index (κ1) is 14.5. The molecule has 0 aliphatic carbocycles. The third-order valence-corrected chi connectivity index (χ3v) is 2.64. The number of aliphatic imine (C=N–C) groups is 1. The monoisotopic (exact) mass is 267 g/mol. The van der Waals surface area contributed by atoms with Crippen LogP contribution >= 0.6 is 11.6 Å². The van der Waals surface area contributed by atoms with Crippen LogP contribution < -0.4 is 11.1 Å². The summed E-state index contributed by atoms with van der Waals surface area (Å²) in [5.74, 6) is 0.546. The van der Waals surface area contributed by atoms with Crippen LogP contribution in [0.15, 0.2) is 23.2 Å².